The molecule has 9 nitrogen and oxygen atoms in total. The zero-order valence-electron chi connectivity index (χ0n) is 19.3. The molecule has 35 heavy (non-hydrogen) atoms. The number of ether oxygens (including phenoxy) is 1. The molecule has 0 radical (unpaired) electrons. The van der Waals surface area contributed by atoms with E-state index < -0.39 is 16.0 Å². The van der Waals surface area contributed by atoms with Crippen molar-refractivity contribution >= 4 is 32.5 Å². The van der Waals surface area contributed by atoms with Crippen LogP contribution in [0.3, 0.4) is 0 Å². The number of aromatic nitrogens is 3. The summed E-state index contributed by atoms with van der Waals surface area (Å²) in [6, 6.07) is 14.0. The maximum atomic E-state index is 13.7. The first-order valence-corrected chi connectivity index (χ1v) is 12.8. The number of carbonyl (C=O) groups excluding carboxylic acids is 1. The van der Waals surface area contributed by atoms with Crippen LogP contribution in [0.15, 0.2) is 64.0 Å². The summed E-state index contributed by atoms with van der Waals surface area (Å²) in [5, 5.41) is 8.91. The van der Waals surface area contributed by atoms with Gasteiger partial charge in [-0.05, 0) is 43.2 Å². The van der Waals surface area contributed by atoms with E-state index in [2.05, 4.69) is 15.2 Å². The van der Waals surface area contributed by atoms with Gasteiger partial charge in [0.2, 0.25) is 11.8 Å². The van der Waals surface area contributed by atoms with E-state index >= 15 is 0 Å². The minimum atomic E-state index is -4.00. The Kier molecular flexibility index (Phi) is 5.89. The van der Waals surface area contributed by atoms with E-state index in [4.69, 9.17) is 9.15 Å². The monoisotopic (exact) mass is 492 g/mol. The minimum Gasteiger partial charge on any atom is -0.462 e. The van der Waals surface area contributed by atoms with E-state index in [-0.39, 0.29) is 29.5 Å². The fourth-order valence-corrected chi connectivity index (χ4v) is 5.55. The largest absolute Gasteiger partial charge is 0.462 e. The minimum absolute atomic E-state index is 0.0566. The average molecular weight is 493 g/mol. The molecule has 5 rings (SSSR count). The Balaban J connectivity index is 1.57. The van der Waals surface area contributed by atoms with Gasteiger partial charge in [-0.15, -0.1) is 10.2 Å². The van der Waals surface area contributed by atoms with E-state index in [9.17, 15) is 13.2 Å². The van der Waals surface area contributed by atoms with E-state index in [0.29, 0.717) is 30.0 Å². The predicted molar refractivity (Wildman–Crippen MR) is 130 cm³/mol. The molecule has 0 amide bonds. The maximum Gasteiger partial charge on any atom is 0.341 e. The van der Waals surface area contributed by atoms with Gasteiger partial charge in [0.15, 0.2) is 0 Å². The normalized spacial score (nSPS) is 13.9. The van der Waals surface area contributed by atoms with Crippen molar-refractivity contribution in [2.45, 2.75) is 31.6 Å². The average Bonchev–Trinajstić information content (AvgIpc) is 3.44. The number of benzene rings is 2. The van der Waals surface area contributed by atoms with Gasteiger partial charge in [0.25, 0.3) is 10.0 Å². The van der Waals surface area contributed by atoms with Gasteiger partial charge in [0.1, 0.15) is 5.57 Å². The molecule has 0 bridgehead atoms. The molecule has 0 saturated carbocycles. The van der Waals surface area contributed by atoms with Gasteiger partial charge in [-0.2, -0.15) is 0 Å². The van der Waals surface area contributed by atoms with Crippen LogP contribution in [0.4, 0.5) is 0 Å². The zero-order chi connectivity index (χ0) is 24.6. The summed E-state index contributed by atoms with van der Waals surface area (Å²) >= 11 is 0. The Morgan fingerprint density at radius 2 is 1.97 bits per heavy atom. The molecular formula is C25H24N4O5S. The molecule has 0 saturated heterocycles. The summed E-state index contributed by atoms with van der Waals surface area (Å²) in [5.74, 6) is 0.129. The van der Waals surface area contributed by atoms with Crippen LogP contribution in [0.25, 0.3) is 27.9 Å². The molecule has 0 atom stereocenters. The summed E-state index contributed by atoms with van der Waals surface area (Å²) in [5.41, 5.74) is 3.00. The number of esters is 1. The number of sulfonamides is 1. The van der Waals surface area contributed by atoms with Crippen molar-refractivity contribution in [3.05, 3.63) is 71.9 Å². The fraction of sp³-hybridized carbons (Fsp3) is 0.240. The zero-order valence-corrected chi connectivity index (χ0v) is 20.1. The van der Waals surface area contributed by atoms with E-state index in [1.54, 1.807) is 19.1 Å². The van der Waals surface area contributed by atoms with Crippen molar-refractivity contribution < 1.29 is 22.4 Å². The molecule has 180 valence electrons. The van der Waals surface area contributed by atoms with Gasteiger partial charge in [0.05, 0.1) is 17.2 Å². The van der Waals surface area contributed by atoms with Gasteiger partial charge in [-0.25, -0.2) is 13.2 Å². The smallest absolute Gasteiger partial charge is 0.341 e. The topological polar surface area (TPSA) is 118 Å². The Hall–Kier alpha value is -3.92. The SMILES string of the molecule is CCOC(=O)C1=CN(S(=O)(=O)c2cccc(-c3nnc(CC)o3)c2)CCc2c1[nH]c1ccccc21. The van der Waals surface area contributed by atoms with Crippen molar-refractivity contribution in [3.63, 3.8) is 0 Å². The number of rotatable bonds is 6. The van der Waals surface area contributed by atoms with E-state index in [1.807, 2.05) is 31.2 Å². The van der Waals surface area contributed by atoms with Crippen molar-refractivity contribution in [2.75, 3.05) is 13.2 Å². The van der Waals surface area contributed by atoms with Crippen LogP contribution in [0.2, 0.25) is 0 Å². The molecule has 2 aromatic heterocycles. The van der Waals surface area contributed by atoms with Crippen LogP contribution in [0, 0.1) is 0 Å². The summed E-state index contributed by atoms with van der Waals surface area (Å²) in [7, 11) is -4.00. The first-order chi connectivity index (χ1) is 16.9. The molecule has 0 aliphatic carbocycles. The molecule has 4 aromatic rings. The number of nitrogens with one attached hydrogen (secondary N) is 1. The lowest BCUT2D eigenvalue weighted by Gasteiger charge is -2.20. The number of H-pyrrole nitrogens is 1. The highest BCUT2D eigenvalue weighted by Gasteiger charge is 2.30. The van der Waals surface area contributed by atoms with Gasteiger partial charge in [-0.1, -0.05) is 31.2 Å². The predicted octanol–water partition coefficient (Wildman–Crippen LogP) is 3.93. The number of aromatic amines is 1. The summed E-state index contributed by atoms with van der Waals surface area (Å²) in [6.07, 6.45) is 2.36. The van der Waals surface area contributed by atoms with Crippen LogP contribution in [0.5, 0.6) is 0 Å². The third-order valence-corrected chi connectivity index (χ3v) is 7.65. The first kappa shape index (κ1) is 22.9. The number of fused-ring (bicyclic) bond motifs is 3. The second-order valence-electron chi connectivity index (χ2n) is 8.04. The highest BCUT2D eigenvalue weighted by atomic mass is 32.2. The van der Waals surface area contributed by atoms with Crippen molar-refractivity contribution in [3.8, 4) is 11.5 Å². The standard InChI is InChI=1S/C25H24N4O5S/c1-3-22-27-28-24(34-22)16-8-7-9-17(14-16)35(31,32)29-13-12-19-18-10-5-6-11-21(18)26-23(19)20(15-29)25(30)33-4-2/h5-11,14-15,26H,3-4,12-13H2,1-2H3. The lowest BCUT2D eigenvalue weighted by Crippen LogP contribution is -2.28. The molecule has 2 aromatic carbocycles. The Morgan fingerprint density at radius 1 is 1.14 bits per heavy atom. The molecule has 10 heteroatoms. The number of carbonyl (C=O) groups is 1. The number of hydrogen-bond acceptors (Lipinski definition) is 7. The van der Waals surface area contributed by atoms with Crippen molar-refractivity contribution in [1.29, 1.82) is 0 Å². The summed E-state index contributed by atoms with van der Waals surface area (Å²) in [4.78, 5) is 16.2. The molecular weight excluding hydrogens is 468 g/mol. The number of aryl methyl sites for hydroxylation is 1. The Bertz CT molecular complexity index is 1550. The van der Waals surface area contributed by atoms with Crippen LogP contribution in [0.1, 0.15) is 31.0 Å². The van der Waals surface area contributed by atoms with Gasteiger partial charge in [0, 0.05) is 35.6 Å². The van der Waals surface area contributed by atoms with Crippen LogP contribution in [-0.4, -0.2) is 47.0 Å². The number of para-hydroxylation sites is 1. The second-order valence-corrected chi connectivity index (χ2v) is 9.93. The first-order valence-electron chi connectivity index (χ1n) is 11.4. The van der Waals surface area contributed by atoms with Crippen LogP contribution < -0.4 is 0 Å². The molecule has 0 fully saturated rings. The Labute approximate surface area is 202 Å². The highest BCUT2D eigenvalue weighted by Crippen LogP contribution is 2.33. The highest BCUT2D eigenvalue weighted by molar-refractivity contribution is 7.89. The second kappa shape index (κ2) is 9.03. The van der Waals surface area contributed by atoms with E-state index in [0.717, 1.165) is 16.5 Å². The lowest BCUT2D eigenvalue weighted by atomic mass is 10.0. The number of hydrogen-bond donors (Lipinski definition) is 1. The maximum absolute atomic E-state index is 13.7. The van der Waals surface area contributed by atoms with Crippen LogP contribution in [-0.2, 0) is 32.4 Å². The van der Waals surface area contributed by atoms with Gasteiger partial charge in [-0.3, -0.25) is 4.31 Å². The van der Waals surface area contributed by atoms with E-state index in [1.165, 1.54) is 22.6 Å². The molecule has 0 unspecified atom stereocenters. The fourth-order valence-electron chi connectivity index (χ4n) is 4.18. The van der Waals surface area contributed by atoms with Gasteiger partial charge < -0.3 is 14.1 Å². The summed E-state index contributed by atoms with van der Waals surface area (Å²) < 4.78 is 39.5. The quantitative estimate of drug-likeness (QED) is 0.405. The van der Waals surface area contributed by atoms with Crippen LogP contribution >= 0.6 is 0 Å². The third kappa shape index (κ3) is 4.10. The van der Waals surface area contributed by atoms with Crippen molar-refractivity contribution in [1.82, 2.24) is 19.5 Å². The summed E-state index contributed by atoms with van der Waals surface area (Å²) in [6.45, 7) is 3.93. The third-order valence-electron chi connectivity index (χ3n) is 5.89. The van der Waals surface area contributed by atoms with Crippen molar-refractivity contribution in [2.24, 2.45) is 0 Å². The molecule has 1 aliphatic rings. The lowest BCUT2D eigenvalue weighted by molar-refractivity contribution is -0.136. The molecule has 0 spiro atoms. The molecule has 3 heterocycles. The molecule has 1 aliphatic heterocycles. The number of nitrogens with zero attached hydrogens (tertiary/aromatic N) is 3. The van der Waals surface area contributed by atoms with Gasteiger partial charge >= 0.3 is 5.97 Å². The Morgan fingerprint density at radius 3 is 2.74 bits per heavy atom. The molecule has 1 N–H and O–H groups in total.